The highest BCUT2D eigenvalue weighted by atomic mass is 35.5. The highest BCUT2D eigenvalue weighted by Gasteiger charge is 2.14. The van der Waals surface area contributed by atoms with Crippen molar-refractivity contribution in [2.24, 2.45) is 0 Å². The molecule has 2 heterocycles. The summed E-state index contributed by atoms with van der Waals surface area (Å²) >= 11 is 6.37. The zero-order valence-electron chi connectivity index (χ0n) is 18.9. The van der Waals surface area contributed by atoms with Crippen LogP contribution in [0, 0.1) is 11.3 Å². The lowest BCUT2D eigenvalue weighted by Crippen LogP contribution is -2.04. The Hall–Kier alpha value is -3.85. The first-order valence-corrected chi connectivity index (χ1v) is 13.1. The van der Waals surface area contributed by atoms with Gasteiger partial charge in [0.2, 0.25) is 5.95 Å². The van der Waals surface area contributed by atoms with E-state index in [4.69, 9.17) is 16.1 Å². The molecule has 4 aromatic rings. The maximum absolute atomic E-state index is 9.36. The molecule has 1 aromatic heterocycles. The van der Waals surface area contributed by atoms with E-state index < -0.39 is 8.30 Å². The Morgan fingerprint density at radius 3 is 2.77 bits per heavy atom. The number of para-hydroxylation sites is 1. The summed E-state index contributed by atoms with van der Waals surface area (Å²) in [5, 5.41) is 19.9. The number of hydrogen-bond donors (Lipinski definition) is 3. The fraction of sp³-hybridized carbons (Fsp3) is 0.115. The van der Waals surface area contributed by atoms with Crippen LogP contribution >= 0.6 is 19.9 Å². The van der Waals surface area contributed by atoms with Crippen molar-refractivity contribution in [1.82, 2.24) is 9.97 Å². The largest absolute Gasteiger partial charge is 0.452 e. The molecule has 174 valence electrons. The fourth-order valence-corrected chi connectivity index (χ4v) is 5.03. The van der Waals surface area contributed by atoms with E-state index in [0.29, 0.717) is 28.1 Å². The van der Waals surface area contributed by atoms with Gasteiger partial charge in [-0.25, -0.2) is 4.98 Å². The first-order valence-electron chi connectivity index (χ1n) is 11.0. The van der Waals surface area contributed by atoms with Gasteiger partial charge < -0.3 is 20.2 Å². The van der Waals surface area contributed by atoms with E-state index in [2.05, 4.69) is 50.0 Å². The first-order chi connectivity index (χ1) is 17.1. The zero-order chi connectivity index (χ0) is 24.2. The molecule has 35 heavy (non-hydrogen) atoms. The molecule has 9 heteroatoms. The van der Waals surface area contributed by atoms with Gasteiger partial charge >= 0.3 is 0 Å². The molecule has 1 aliphatic heterocycles. The lowest BCUT2D eigenvalue weighted by Gasteiger charge is -2.20. The number of aromatic nitrogens is 2. The molecule has 5 rings (SSSR count). The van der Waals surface area contributed by atoms with Gasteiger partial charge in [-0.3, -0.25) is 0 Å². The Kier molecular flexibility index (Phi) is 6.67. The van der Waals surface area contributed by atoms with E-state index in [-0.39, 0.29) is 0 Å². The third-order valence-corrected chi connectivity index (χ3v) is 6.80. The molecule has 0 fully saturated rings. The topological polar surface area (TPSA) is 94.9 Å². The Bertz CT molecular complexity index is 1420. The summed E-state index contributed by atoms with van der Waals surface area (Å²) in [6.07, 6.45) is 3.25. The molecule has 1 atom stereocenters. The van der Waals surface area contributed by atoms with Crippen molar-refractivity contribution in [2.45, 2.75) is 12.8 Å². The van der Waals surface area contributed by atoms with Crippen LogP contribution < -0.4 is 20.2 Å². The number of hydrogen-bond acceptors (Lipinski definition) is 7. The van der Waals surface area contributed by atoms with Crippen LogP contribution in [0.15, 0.2) is 72.9 Å². The van der Waals surface area contributed by atoms with Crippen LogP contribution in [-0.4, -0.2) is 16.6 Å². The average Bonchev–Trinajstić information content (AvgIpc) is 2.86. The van der Waals surface area contributed by atoms with Crippen molar-refractivity contribution in [3.05, 3.63) is 94.6 Å². The molecule has 0 spiro atoms. The molecule has 3 N–H and O–H groups in total. The minimum atomic E-state index is -1.07. The van der Waals surface area contributed by atoms with Gasteiger partial charge in [-0.15, -0.1) is 0 Å². The second-order valence-corrected chi connectivity index (χ2v) is 9.83. The number of rotatable bonds is 4. The Labute approximate surface area is 210 Å². The summed E-state index contributed by atoms with van der Waals surface area (Å²) in [5.74, 6) is 1.58. The molecule has 0 radical (unpaired) electrons. The minimum Gasteiger partial charge on any atom is -0.452 e. The average molecular weight is 501 g/mol. The van der Waals surface area contributed by atoms with Crippen LogP contribution in [0.3, 0.4) is 0 Å². The molecule has 0 aliphatic carbocycles. The minimum absolute atomic E-state index is 0.435. The summed E-state index contributed by atoms with van der Waals surface area (Å²) in [4.78, 5) is 8.85. The smallest absolute Gasteiger partial charge is 0.229 e. The second-order valence-electron chi connectivity index (χ2n) is 8.02. The predicted molar refractivity (Wildman–Crippen MR) is 142 cm³/mol. The van der Waals surface area contributed by atoms with Gasteiger partial charge in [-0.2, -0.15) is 10.2 Å². The highest BCUT2D eigenvalue weighted by molar-refractivity contribution is 7.53. The maximum Gasteiger partial charge on any atom is 0.229 e. The van der Waals surface area contributed by atoms with E-state index >= 15 is 0 Å². The molecule has 6 bridgehead atoms. The summed E-state index contributed by atoms with van der Waals surface area (Å²) in [7, 11) is -1.07. The normalized spacial score (nSPS) is 12.9. The molecular weight excluding hydrogens is 479 g/mol. The number of fused-ring (bicyclic) bond motifs is 6. The lowest BCUT2D eigenvalue weighted by molar-refractivity contribution is 0.620. The van der Waals surface area contributed by atoms with Crippen molar-refractivity contribution in [3.8, 4) is 11.8 Å². The predicted octanol–water partition coefficient (Wildman–Crippen LogP) is 7.02. The van der Waals surface area contributed by atoms with E-state index in [0.717, 1.165) is 35.5 Å². The summed E-state index contributed by atoms with van der Waals surface area (Å²) in [6.45, 7) is 1.99. The maximum atomic E-state index is 9.36. The first kappa shape index (κ1) is 22.9. The van der Waals surface area contributed by atoms with Crippen molar-refractivity contribution in [1.29, 1.82) is 5.26 Å². The molecule has 0 amide bonds. The van der Waals surface area contributed by atoms with Gasteiger partial charge in [-0.1, -0.05) is 35.9 Å². The zero-order valence-corrected chi connectivity index (χ0v) is 20.6. The van der Waals surface area contributed by atoms with Crippen molar-refractivity contribution in [3.63, 3.8) is 0 Å². The Balaban J connectivity index is 1.46. The summed E-state index contributed by atoms with van der Waals surface area (Å²) < 4.78 is 6.10. The van der Waals surface area contributed by atoms with Gasteiger partial charge in [-0.05, 0) is 66.4 Å². The molecular formula is C26H22ClN6OP. The van der Waals surface area contributed by atoms with Crippen LogP contribution in [0.2, 0.25) is 5.02 Å². The van der Waals surface area contributed by atoms with Gasteiger partial charge in [0.1, 0.15) is 16.8 Å². The number of nitrogens with one attached hydrogen (secondary N) is 3. The molecule has 0 saturated heterocycles. The van der Waals surface area contributed by atoms with Crippen molar-refractivity contribution in [2.75, 3.05) is 22.4 Å². The number of halogens is 1. The van der Waals surface area contributed by atoms with Gasteiger partial charge in [0, 0.05) is 23.7 Å². The fourth-order valence-electron chi connectivity index (χ4n) is 3.83. The molecule has 7 nitrogen and oxygen atoms in total. The highest BCUT2D eigenvalue weighted by Crippen LogP contribution is 2.39. The van der Waals surface area contributed by atoms with Crippen LogP contribution in [0.4, 0.5) is 28.8 Å². The van der Waals surface area contributed by atoms with Gasteiger partial charge in [0.05, 0.1) is 11.8 Å². The van der Waals surface area contributed by atoms with E-state index in [9.17, 15) is 5.26 Å². The summed E-state index contributed by atoms with van der Waals surface area (Å²) in [6, 6.07) is 23.8. The third-order valence-electron chi connectivity index (χ3n) is 5.50. The lowest BCUT2D eigenvalue weighted by atomic mass is 10.0. The van der Waals surface area contributed by atoms with Crippen molar-refractivity contribution >= 4 is 48.7 Å². The van der Waals surface area contributed by atoms with E-state index in [1.54, 1.807) is 12.3 Å². The Morgan fingerprint density at radius 2 is 1.89 bits per heavy atom. The number of nitrogens with zero attached hydrogens (tertiary/aromatic N) is 3. The number of nitriles is 1. The SMILES string of the molecule is CP(Nc1ccc2cc1CCc1cccc(c1)Nc1ncc(Cl)c(n1)N2)Oc1ccccc1C#N. The number of benzene rings is 3. The van der Waals surface area contributed by atoms with E-state index in [1.165, 1.54) is 5.56 Å². The molecule has 3 aromatic carbocycles. The third kappa shape index (κ3) is 5.46. The van der Waals surface area contributed by atoms with Crippen LogP contribution in [0.25, 0.3) is 0 Å². The standard InChI is InChI=1S/C26H22ClN6OP/c1-35(34-24-8-3-2-6-19(24)15-28)33-23-12-11-21-14-18(23)10-9-17-5-4-7-20(13-17)31-26-29-16-22(27)25(30-21)32-26/h2-8,11-14,16,33H,9-10H2,1H3,(H2,29,30,31,32). The molecule has 1 aliphatic rings. The molecule has 1 unspecified atom stereocenters. The Morgan fingerprint density at radius 1 is 1.03 bits per heavy atom. The van der Waals surface area contributed by atoms with Gasteiger partial charge in [0.15, 0.2) is 14.1 Å². The van der Waals surface area contributed by atoms with E-state index in [1.807, 2.05) is 49.1 Å². The van der Waals surface area contributed by atoms with Crippen LogP contribution in [0.1, 0.15) is 16.7 Å². The monoisotopic (exact) mass is 500 g/mol. The number of anilines is 5. The number of aryl methyl sites for hydroxylation is 2. The van der Waals surface area contributed by atoms with Gasteiger partial charge in [0.25, 0.3) is 0 Å². The van der Waals surface area contributed by atoms with Crippen LogP contribution in [0.5, 0.6) is 5.75 Å². The molecule has 0 saturated carbocycles. The second kappa shape index (κ2) is 10.2. The summed E-state index contributed by atoms with van der Waals surface area (Å²) in [5.41, 5.74) is 5.62. The quantitative estimate of drug-likeness (QED) is 0.259. The van der Waals surface area contributed by atoms with Crippen molar-refractivity contribution < 1.29 is 4.52 Å². The van der Waals surface area contributed by atoms with Crippen LogP contribution in [-0.2, 0) is 12.8 Å².